The maximum absolute atomic E-state index is 13.8. The van der Waals surface area contributed by atoms with E-state index in [-0.39, 0.29) is 23.3 Å². The third-order valence-electron chi connectivity index (χ3n) is 7.96. The Labute approximate surface area is 236 Å². The maximum atomic E-state index is 13.8. The normalized spacial score (nSPS) is 15.6. The van der Waals surface area contributed by atoms with Crippen LogP contribution in [0.25, 0.3) is 11.1 Å². The SMILES string of the molecule is CC1CCN(c2ccc(-c3cccc(CN(CCCN)C(=O)C4CC4)c3)cc2NC(=O)c2cccc(F)c2)CC1. The molecule has 6 nitrogen and oxygen atoms in total. The minimum Gasteiger partial charge on any atom is -0.370 e. The van der Waals surface area contributed by atoms with Crippen molar-refractivity contribution in [3.63, 3.8) is 0 Å². The van der Waals surface area contributed by atoms with Gasteiger partial charge < -0.3 is 20.9 Å². The largest absolute Gasteiger partial charge is 0.370 e. The molecule has 0 bridgehead atoms. The molecule has 2 fully saturated rings. The highest BCUT2D eigenvalue weighted by Gasteiger charge is 2.33. The number of carbonyl (C=O) groups excluding carboxylic acids is 2. The fraction of sp³-hybridized carbons (Fsp3) is 0.394. The zero-order chi connectivity index (χ0) is 28.1. The molecule has 3 N–H and O–H groups in total. The molecule has 1 heterocycles. The molecule has 0 atom stereocenters. The summed E-state index contributed by atoms with van der Waals surface area (Å²) >= 11 is 0. The van der Waals surface area contributed by atoms with Crippen LogP contribution in [-0.4, -0.2) is 42.9 Å². The van der Waals surface area contributed by atoms with E-state index < -0.39 is 5.82 Å². The number of halogens is 1. The lowest BCUT2D eigenvalue weighted by atomic mass is 9.97. The number of piperidine rings is 1. The molecule has 2 amide bonds. The molecule has 3 aromatic carbocycles. The van der Waals surface area contributed by atoms with Crippen molar-refractivity contribution >= 4 is 23.2 Å². The van der Waals surface area contributed by atoms with Gasteiger partial charge in [-0.15, -0.1) is 0 Å². The lowest BCUT2D eigenvalue weighted by molar-refractivity contribution is -0.133. The molecule has 1 aliphatic carbocycles. The monoisotopic (exact) mass is 542 g/mol. The van der Waals surface area contributed by atoms with E-state index in [0.29, 0.717) is 31.2 Å². The second-order valence-corrected chi connectivity index (χ2v) is 11.2. The molecule has 0 radical (unpaired) electrons. The molecular weight excluding hydrogens is 503 g/mol. The number of hydrogen-bond acceptors (Lipinski definition) is 4. The first-order valence-corrected chi connectivity index (χ1v) is 14.5. The third-order valence-corrected chi connectivity index (χ3v) is 7.96. The summed E-state index contributed by atoms with van der Waals surface area (Å²) in [5.41, 5.74) is 10.7. The predicted octanol–water partition coefficient (Wildman–Crippen LogP) is 6.07. The number of anilines is 2. The van der Waals surface area contributed by atoms with Gasteiger partial charge in [-0.05, 0) is 97.7 Å². The number of hydrogen-bond donors (Lipinski definition) is 2. The summed E-state index contributed by atoms with van der Waals surface area (Å²) in [5, 5.41) is 3.07. The number of amides is 2. The van der Waals surface area contributed by atoms with Crippen LogP contribution in [0, 0.1) is 17.7 Å². The van der Waals surface area contributed by atoms with Gasteiger partial charge in [0, 0.05) is 37.7 Å². The highest BCUT2D eigenvalue weighted by atomic mass is 19.1. The Hall–Kier alpha value is -3.71. The Bertz CT molecular complexity index is 1350. The molecule has 7 heteroatoms. The van der Waals surface area contributed by atoms with Crippen molar-refractivity contribution in [2.75, 3.05) is 36.4 Å². The minimum absolute atomic E-state index is 0.163. The molecule has 210 valence electrons. The first-order chi connectivity index (χ1) is 19.4. The fourth-order valence-electron chi connectivity index (χ4n) is 5.37. The van der Waals surface area contributed by atoms with Crippen molar-refractivity contribution in [1.29, 1.82) is 0 Å². The highest BCUT2D eigenvalue weighted by Crippen LogP contribution is 2.35. The number of benzene rings is 3. The summed E-state index contributed by atoms with van der Waals surface area (Å²) in [7, 11) is 0. The molecule has 1 saturated heterocycles. The summed E-state index contributed by atoms with van der Waals surface area (Å²) in [6, 6.07) is 20.1. The van der Waals surface area contributed by atoms with Crippen molar-refractivity contribution in [3.05, 3.63) is 83.7 Å². The van der Waals surface area contributed by atoms with Gasteiger partial charge in [0.1, 0.15) is 5.82 Å². The van der Waals surface area contributed by atoms with Gasteiger partial charge in [0.05, 0.1) is 11.4 Å². The summed E-state index contributed by atoms with van der Waals surface area (Å²) < 4.78 is 13.8. The van der Waals surface area contributed by atoms with Crippen LogP contribution in [-0.2, 0) is 11.3 Å². The summed E-state index contributed by atoms with van der Waals surface area (Å²) in [6.45, 7) is 5.89. The Kier molecular flexibility index (Phi) is 8.80. The van der Waals surface area contributed by atoms with Crippen molar-refractivity contribution in [2.45, 2.75) is 45.6 Å². The molecule has 0 unspecified atom stereocenters. The number of nitrogens with one attached hydrogen (secondary N) is 1. The number of carbonyl (C=O) groups is 2. The van der Waals surface area contributed by atoms with E-state index in [1.165, 1.54) is 12.1 Å². The molecule has 3 aromatic rings. The fourth-order valence-corrected chi connectivity index (χ4v) is 5.37. The standard InChI is InChI=1S/C33H39FN4O2/c1-23-13-17-37(18-14-23)31-12-11-27(21-30(31)36-32(39)28-7-3-8-29(34)20-28)26-6-2-5-24(19-26)22-38(16-4-15-35)33(40)25-9-10-25/h2-3,5-8,11-12,19-21,23,25H,4,9-10,13-18,22,35H2,1H3,(H,36,39). The Morgan fingerprint density at radius 3 is 2.45 bits per heavy atom. The van der Waals surface area contributed by atoms with Crippen LogP contribution in [0.1, 0.15) is 54.9 Å². The Balaban J connectivity index is 1.42. The van der Waals surface area contributed by atoms with Crippen LogP contribution in [0.3, 0.4) is 0 Å². The van der Waals surface area contributed by atoms with Crippen LogP contribution in [0.15, 0.2) is 66.7 Å². The lowest BCUT2D eigenvalue weighted by Gasteiger charge is -2.33. The summed E-state index contributed by atoms with van der Waals surface area (Å²) in [6.07, 6.45) is 4.93. The average Bonchev–Trinajstić information content (AvgIpc) is 3.81. The van der Waals surface area contributed by atoms with Crippen molar-refractivity contribution < 1.29 is 14.0 Å². The second-order valence-electron chi connectivity index (χ2n) is 11.2. The summed E-state index contributed by atoms with van der Waals surface area (Å²) in [4.78, 5) is 30.3. The second kappa shape index (κ2) is 12.6. The summed E-state index contributed by atoms with van der Waals surface area (Å²) in [5.74, 6) is 0.284. The predicted molar refractivity (Wildman–Crippen MR) is 159 cm³/mol. The molecular formula is C33H39FN4O2. The highest BCUT2D eigenvalue weighted by molar-refractivity contribution is 6.06. The quantitative estimate of drug-likeness (QED) is 0.326. The van der Waals surface area contributed by atoms with Crippen LogP contribution >= 0.6 is 0 Å². The van der Waals surface area contributed by atoms with E-state index >= 15 is 0 Å². The van der Waals surface area contributed by atoms with Crippen molar-refractivity contribution in [1.82, 2.24) is 4.90 Å². The van der Waals surface area contributed by atoms with Gasteiger partial charge in [-0.25, -0.2) is 4.39 Å². The molecule has 5 rings (SSSR count). The van der Waals surface area contributed by atoms with Gasteiger partial charge in [-0.1, -0.05) is 37.3 Å². The molecule has 0 spiro atoms. The third kappa shape index (κ3) is 6.89. The van der Waals surface area contributed by atoms with E-state index in [2.05, 4.69) is 41.4 Å². The molecule has 0 aromatic heterocycles. The number of nitrogens with two attached hydrogens (primary N) is 1. The molecule has 40 heavy (non-hydrogen) atoms. The average molecular weight is 543 g/mol. The smallest absolute Gasteiger partial charge is 0.255 e. The zero-order valence-electron chi connectivity index (χ0n) is 23.2. The minimum atomic E-state index is -0.441. The van der Waals surface area contributed by atoms with Crippen molar-refractivity contribution in [2.24, 2.45) is 17.6 Å². The van der Waals surface area contributed by atoms with Gasteiger partial charge in [0.2, 0.25) is 5.91 Å². The van der Waals surface area contributed by atoms with Gasteiger partial charge in [0.15, 0.2) is 0 Å². The van der Waals surface area contributed by atoms with E-state index in [9.17, 15) is 14.0 Å². The van der Waals surface area contributed by atoms with Crippen LogP contribution < -0.4 is 16.0 Å². The maximum Gasteiger partial charge on any atom is 0.255 e. The van der Waals surface area contributed by atoms with Crippen LogP contribution in [0.4, 0.5) is 15.8 Å². The first-order valence-electron chi connectivity index (χ1n) is 14.5. The lowest BCUT2D eigenvalue weighted by Crippen LogP contribution is -2.33. The molecule has 1 saturated carbocycles. The molecule has 1 aliphatic heterocycles. The Morgan fingerprint density at radius 1 is 0.975 bits per heavy atom. The van der Waals surface area contributed by atoms with E-state index in [4.69, 9.17) is 5.73 Å². The van der Waals surface area contributed by atoms with Gasteiger partial charge in [0.25, 0.3) is 5.91 Å². The van der Waals surface area contributed by atoms with Crippen LogP contribution in [0.2, 0.25) is 0 Å². The first kappa shape index (κ1) is 27.8. The molecule has 2 aliphatic rings. The van der Waals surface area contributed by atoms with E-state index in [1.54, 1.807) is 12.1 Å². The van der Waals surface area contributed by atoms with E-state index in [1.807, 2.05) is 23.1 Å². The Morgan fingerprint density at radius 2 is 1.73 bits per heavy atom. The van der Waals surface area contributed by atoms with Gasteiger partial charge >= 0.3 is 0 Å². The van der Waals surface area contributed by atoms with E-state index in [0.717, 1.165) is 67.6 Å². The van der Waals surface area contributed by atoms with Crippen LogP contribution in [0.5, 0.6) is 0 Å². The van der Waals surface area contributed by atoms with Gasteiger partial charge in [-0.2, -0.15) is 0 Å². The van der Waals surface area contributed by atoms with Gasteiger partial charge in [-0.3, -0.25) is 9.59 Å². The number of rotatable bonds is 10. The number of nitrogens with zero attached hydrogens (tertiary/aromatic N) is 2. The topological polar surface area (TPSA) is 78.7 Å². The van der Waals surface area contributed by atoms with Crippen molar-refractivity contribution in [3.8, 4) is 11.1 Å². The zero-order valence-corrected chi connectivity index (χ0v) is 23.2.